The van der Waals surface area contributed by atoms with Crippen molar-refractivity contribution in [3.63, 3.8) is 0 Å². The first kappa shape index (κ1) is 25.3. The lowest BCUT2D eigenvalue weighted by Crippen LogP contribution is -2.44. The van der Waals surface area contributed by atoms with E-state index in [0.29, 0.717) is 6.42 Å². The lowest BCUT2D eigenvalue weighted by Gasteiger charge is -2.22. The summed E-state index contributed by atoms with van der Waals surface area (Å²) in [6, 6.07) is 15.4. The minimum Gasteiger partial charge on any atom is -0.481 e. The number of carbonyl (C=O) groups is 3. The fourth-order valence-electron chi connectivity index (χ4n) is 4.36. The van der Waals surface area contributed by atoms with Gasteiger partial charge in [0, 0.05) is 24.4 Å². The van der Waals surface area contributed by atoms with Crippen LogP contribution in [0.25, 0.3) is 11.1 Å². The lowest BCUT2D eigenvalue weighted by atomic mass is 9.98. The molecule has 2 aromatic carbocycles. The molecule has 7 nitrogen and oxygen atoms in total. The quantitative estimate of drug-likeness (QED) is 0.445. The Labute approximate surface area is 200 Å². The van der Waals surface area contributed by atoms with E-state index in [1.165, 1.54) is 0 Å². The molecule has 0 saturated carbocycles. The van der Waals surface area contributed by atoms with Gasteiger partial charge in [-0.3, -0.25) is 9.59 Å². The molecule has 3 rings (SSSR count). The molecule has 3 unspecified atom stereocenters. The fraction of sp³-hybridized carbons (Fsp3) is 0.444. The zero-order valence-corrected chi connectivity index (χ0v) is 20.0. The van der Waals surface area contributed by atoms with Crippen LogP contribution in [0, 0.1) is 5.92 Å². The minimum absolute atomic E-state index is 0.0334. The predicted octanol–water partition coefficient (Wildman–Crippen LogP) is 4.70. The summed E-state index contributed by atoms with van der Waals surface area (Å²) in [6.45, 7) is 5.47. The summed E-state index contributed by atoms with van der Waals surface area (Å²) in [4.78, 5) is 36.3. The number of hydrogen-bond donors (Lipinski definition) is 3. The smallest absolute Gasteiger partial charge is 0.407 e. The van der Waals surface area contributed by atoms with E-state index in [4.69, 9.17) is 9.84 Å². The summed E-state index contributed by atoms with van der Waals surface area (Å²) in [5.74, 6) is -1.99. The number of carboxylic acids is 1. The lowest BCUT2D eigenvalue weighted by molar-refractivity contribution is -0.142. The van der Waals surface area contributed by atoms with Gasteiger partial charge in [0.05, 0.1) is 5.92 Å². The molecule has 2 amide bonds. The van der Waals surface area contributed by atoms with Crippen LogP contribution in [0.2, 0.25) is 0 Å². The number of hydrogen-bond acceptors (Lipinski definition) is 4. The number of amides is 2. The molecule has 34 heavy (non-hydrogen) atoms. The first-order valence-corrected chi connectivity index (χ1v) is 12.0. The predicted molar refractivity (Wildman–Crippen MR) is 131 cm³/mol. The van der Waals surface area contributed by atoms with E-state index in [0.717, 1.165) is 35.1 Å². The highest BCUT2D eigenvalue weighted by atomic mass is 16.5. The van der Waals surface area contributed by atoms with E-state index in [-0.39, 0.29) is 30.9 Å². The van der Waals surface area contributed by atoms with Crippen LogP contribution < -0.4 is 10.6 Å². The minimum atomic E-state index is -0.966. The third kappa shape index (κ3) is 6.16. The van der Waals surface area contributed by atoms with Gasteiger partial charge in [0.1, 0.15) is 6.61 Å². The zero-order chi connectivity index (χ0) is 24.7. The molecular formula is C27H34N2O5. The number of benzene rings is 2. The monoisotopic (exact) mass is 466 g/mol. The van der Waals surface area contributed by atoms with E-state index in [1.807, 2.05) is 31.2 Å². The highest BCUT2D eigenvalue weighted by Crippen LogP contribution is 2.44. The average Bonchev–Trinajstić information content (AvgIpc) is 3.14. The van der Waals surface area contributed by atoms with Crippen molar-refractivity contribution < 1.29 is 24.2 Å². The summed E-state index contributed by atoms with van der Waals surface area (Å²) in [6.07, 6.45) is 1.93. The van der Waals surface area contributed by atoms with Crippen molar-refractivity contribution in [1.82, 2.24) is 10.6 Å². The largest absolute Gasteiger partial charge is 0.481 e. The molecule has 3 atom stereocenters. The molecule has 1 aliphatic carbocycles. The molecule has 0 aromatic heterocycles. The van der Waals surface area contributed by atoms with Crippen LogP contribution in [0.3, 0.4) is 0 Å². The Morgan fingerprint density at radius 3 is 2.12 bits per heavy atom. The van der Waals surface area contributed by atoms with E-state index in [9.17, 15) is 14.4 Å². The summed E-state index contributed by atoms with van der Waals surface area (Å²) >= 11 is 0. The molecule has 0 heterocycles. The number of ether oxygens (including phenoxy) is 1. The Morgan fingerprint density at radius 1 is 0.971 bits per heavy atom. The van der Waals surface area contributed by atoms with Gasteiger partial charge in [-0.2, -0.15) is 0 Å². The van der Waals surface area contributed by atoms with E-state index in [1.54, 1.807) is 13.8 Å². The van der Waals surface area contributed by atoms with Gasteiger partial charge in [0.25, 0.3) is 0 Å². The highest BCUT2D eigenvalue weighted by molar-refractivity contribution is 5.80. The van der Waals surface area contributed by atoms with Gasteiger partial charge in [0.2, 0.25) is 5.91 Å². The Hall–Kier alpha value is -3.35. The summed E-state index contributed by atoms with van der Waals surface area (Å²) in [5.41, 5.74) is 4.60. The van der Waals surface area contributed by atoms with Crippen LogP contribution in [0.15, 0.2) is 48.5 Å². The summed E-state index contributed by atoms with van der Waals surface area (Å²) in [5, 5.41) is 14.7. The number of carbonyl (C=O) groups excluding carboxylic acids is 2. The van der Waals surface area contributed by atoms with Gasteiger partial charge in [0.15, 0.2) is 0 Å². The van der Waals surface area contributed by atoms with Crippen LogP contribution in [0.4, 0.5) is 4.79 Å². The SMILES string of the molecule is CCCCC(CC(=O)NC(C)C(C)C(=O)O)NC(=O)OCC1c2ccccc2-c2ccccc21. The van der Waals surface area contributed by atoms with Crippen molar-refractivity contribution in [2.45, 2.75) is 64.5 Å². The van der Waals surface area contributed by atoms with Gasteiger partial charge >= 0.3 is 12.1 Å². The molecule has 2 aromatic rings. The Bertz CT molecular complexity index is 976. The number of aliphatic carboxylic acids is 1. The normalized spacial score (nSPS) is 14.9. The topological polar surface area (TPSA) is 105 Å². The molecular weight excluding hydrogens is 432 g/mol. The second-order valence-electron chi connectivity index (χ2n) is 9.00. The molecule has 0 aliphatic heterocycles. The van der Waals surface area contributed by atoms with Gasteiger partial charge < -0.3 is 20.5 Å². The number of nitrogens with one attached hydrogen (secondary N) is 2. The molecule has 3 N–H and O–H groups in total. The number of fused-ring (bicyclic) bond motifs is 3. The molecule has 0 fully saturated rings. The van der Waals surface area contributed by atoms with Crippen LogP contribution in [0.5, 0.6) is 0 Å². The van der Waals surface area contributed by atoms with E-state index in [2.05, 4.69) is 34.9 Å². The summed E-state index contributed by atoms with van der Waals surface area (Å²) < 4.78 is 5.62. The zero-order valence-electron chi connectivity index (χ0n) is 20.0. The van der Waals surface area contributed by atoms with Crippen molar-refractivity contribution >= 4 is 18.0 Å². The Balaban J connectivity index is 1.59. The molecule has 0 spiro atoms. The molecule has 0 bridgehead atoms. The van der Waals surface area contributed by atoms with Gasteiger partial charge in [-0.05, 0) is 42.5 Å². The number of alkyl carbamates (subject to hydrolysis) is 1. The molecule has 1 aliphatic rings. The van der Waals surface area contributed by atoms with Gasteiger partial charge in [-0.1, -0.05) is 68.3 Å². The number of carboxylic acid groups (broad SMARTS) is 1. The van der Waals surface area contributed by atoms with Crippen LogP contribution in [0.1, 0.15) is 63.5 Å². The van der Waals surface area contributed by atoms with Crippen molar-refractivity contribution in [1.29, 1.82) is 0 Å². The van der Waals surface area contributed by atoms with Crippen molar-refractivity contribution in [2.24, 2.45) is 5.92 Å². The average molecular weight is 467 g/mol. The molecule has 182 valence electrons. The first-order valence-electron chi connectivity index (χ1n) is 12.0. The van der Waals surface area contributed by atoms with Crippen LogP contribution in [-0.2, 0) is 14.3 Å². The van der Waals surface area contributed by atoms with E-state index >= 15 is 0 Å². The molecule has 0 saturated heterocycles. The second kappa shape index (κ2) is 11.7. The van der Waals surface area contributed by atoms with Crippen molar-refractivity contribution in [3.05, 3.63) is 59.7 Å². The standard InChI is InChI=1S/C27H34N2O5/c1-4-5-10-19(15-25(30)28-18(3)17(2)26(31)32)29-27(33)34-16-24-22-13-8-6-11-20(22)21-12-7-9-14-23(21)24/h6-9,11-14,17-19,24H,4-5,10,15-16H2,1-3H3,(H,28,30)(H,29,33)(H,31,32). The van der Waals surface area contributed by atoms with E-state index < -0.39 is 24.0 Å². The van der Waals surface area contributed by atoms with Gasteiger partial charge in [-0.25, -0.2) is 4.79 Å². The number of rotatable bonds is 11. The third-order valence-corrected chi connectivity index (χ3v) is 6.53. The molecule has 7 heteroatoms. The maximum absolute atomic E-state index is 12.7. The Kier molecular flexibility index (Phi) is 8.68. The molecule has 0 radical (unpaired) electrons. The van der Waals surface area contributed by atoms with Crippen molar-refractivity contribution in [3.8, 4) is 11.1 Å². The fourth-order valence-corrected chi connectivity index (χ4v) is 4.36. The van der Waals surface area contributed by atoms with Crippen molar-refractivity contribution in [2.75, 3.05) is 6.61 Å². The number of unbranched alkanes of at least 4 members (excludes halogenated alkanes) is 1. The van der Waals surface area contributed by atoms with Crippen LogP contribution in [-0.4, -0.2) is 41.8 Å². The summed E-state index contributed by atoms with van der Waals surface area (Å²) in [7, 11) is 0. The maximum atomic E-state index is 12.7. The second-order valence-corrected chi connectivity index (χ2v) is 9.00. The van der Waals surface area contributed by atoms with Gasteiger partial charge in [-0.15, -0.1) is 0 Å². The first-order chi connectivity index (χ1) is 16.3. The Morgan fingerprint density at radius 2 is 1.56 bits per heavy atom. The van der Waals surface area contributed by atoms with Crippen LogP contribution >= 0.6 is 0 Å². The third-order valence-electron chi connectivity index (χ3n) is 6.53. The highest BCUT2D eigenvalue weighted by Gasteiger charge is 2.29. The maximum Gasteiger partial charge on any atom is 0.407 e.